The second kappa shape index (κ2) is 5.42. The van der Waals surface area contributed by atoms with Crippen molar-refractivity contribution in [1.82, 2.24) is 9.88 Å². The van der Waals surface area contributed by atoms with Crippen LogP contribution in [0.15, 0.2) is 36.5 Å². The van der Waals surface area contributed by atoms with Crippen LogP contribution in [0.25, 0.3) is 0 Å². The average Bonchev–Trinajstić information content (AvgIpc) is 3.37. The molecule has 0 radical (unpaired) electrons. The van der Waals surface area contributed by atoms with Gasteiger partial charge in [-0.1, -0.05) is 11.6 Å². The van der Waals surface area contributed by atoms with Crippen LogP contribution in [0.3, 0.4) is 0 Å². The summed E-state index contributed by atoms with van der Waals surface area (Å²) in [6, 6.07) is 7.73. The quantitative estimate of drug-likeness (QED) is 0.870. The minimum absolute atomic E-state index is 0.00736. The maximum Gasteiger partial charge on any atom is 0.261 e. The molecule has 1 saturated carbocycles. The summed E-state index contributed by atoms with van der Waals surface area (Å²) < 4.78 is 0. The van der Waals surface area contributed by atoms with Crippen LogP contribution >= 0.6 is 11.6 Å². The lowest BCUT2D eigenvalue weighted by Crippen LogP contribution is -2.31. The number of nitrogens with zero attached hydrogens (tertiary/aromatic N) is 2. The molecule has 1 aromatic heterocycles. The van der Waals surface area contributed by atoms with Gasteiger partial charge in [-0.25, -0.2) is 4.98 Å². The topological polar surface area (TPSA) is 79.4 Å². The number of halogens is 1. The normalized spacial score (nSPS) is 16.3. The highest BCUT2D eigenvalue weighted by Crippen LogP contribution is 2.34. The third kappa shape index (κ3) is 2.45. The van der Waals surface area contributed by atoms with Gasteiger partial charge < -0.3 is 5.32 Å². The van der Waals surface area contributed by atoms with Gasteiger partial charge >= 0.3 is 0 Å². The Hall–Kier alpha value is -2.73. The molecule has 2 aliphatic rings. The molecule has 2 aromatic rings. The van der Waals surface area contributed by atoms with Gasteiger partial charge in [-0.05, 0) is 43.2 Å². The van der Waals surface area contributed by atoms with E-state index in [0.29, 0.717) is 22.0 Å². The smallest absolute Gasteiger partial charge is 0.261 e. The number of carbonyl (C=O) groups excluding carboxylic acids is 3. The molecule has 1 aromatic carbocycles. The highest BCUT2D eigenvalue weighted by Gasteiger charge is 2.44. The van der Waals surface area contributed by atoms with E-state index in [9.17, 15) is 14.4 Å². The van der Waals surface area contributed by atoms with E-state index in [1.807, 2.05) is 0 Å². The molecule has 0 unspecified atom stereocenters. The fourth-order valence-corrected chi connectivity index (χ4v) is 2.82. The van der Waals surface area contributed by atoms with E-state index in [1.165, 1.54) is 29.3 Å². The van der Waals surface area contributed by atoms with E-state index in [1.54, 1.807) is 12.1 Å². The molecule has 4 rings (SSSR count). The molecule has 2 heterocycles. The largest absolute Gasteiger partial charge is 0.307 e. The second-order valence-electron chi connectivity index (χ2n) is 5.79. The number of hydrogen-bond donors (Lipinski definition) is 1. The van der Waals surface area contributed by atoms with E-state index >= 15 is 0 Å². The minimum Gasteiger partial charge on any atom is -0.307 e. The number of imide groups is 1. The van der Waals surface area contributed by atoms with E-state index < -0.39 is 5.91 Å². The second-order valence-corrected chi connectivity index (χ2v) is 6.22. The summed E-state index contributed by atoms with van der Waals surface area (Å²) in [6.07, 6.45) is 3.12. The van der Waals surface area contributed by atoms with Crippen molar-refractivity contribution in [2.75, 3.05) is 5.32 Å². The van der Waals surface area contributed by atoms with Crippen molar-refractivity contribution in [1.29, 1.82) is 0 Å². The SMILES string of the molecule is O=C(Nc1ccc(Cl)cn1)c1ccc2c(c1)C(=O)N(C1CC1)C2=O. The molecular weight excluding hydrogens is 330 g/mol. The van der Waals surface area contributed by atoms with Crippen LogP contribution in [0.1, 0.15) is 43.9 Å². The number of carbonyl (C=O) groups is 3. The number of benzene rings is 1. The van der Waals surface area contributed by atoms with Crippen LogP contribution in [0.2, 0.25) is 5.02 Å². The zero-order chi connectivity index (χ0) is 16.8. The minimum atomic E-state index is -0.405. The number of rotatable bonds is 3. The molecule has 0 atom stereocenters. The molecule has 6 nitrogen and oxygen atoms in total. The van der Waals surface area contributed by atoms with E-state index in [2.05, 4.69) is 10.3 Å². The number of anilines is 1. The van der Waals surface area contributed by atoms with Crippen molar-refractivity contribution in [2.45, 2.75) is 18.9 Å². The van der Waals surface area contributed by atoms with Crippen LogP contribution < -0.4 is 5.32 Å². The van der Waals surface area contributed by atoms with Gasteiger partial charge in [-0.15, -0.1) is 0 Å². The first-order valence-electron chi connectivity index (χ1n) is 7.49. The van der Waals surface area contributed by atoms with Crippen molar-refractivity contribution in [3.05, 3.63) is 58.2 Å². The molecule has 1 N–H and O–H groups in total. The Morgan fingerprint density at radius 3 is 2.54 bits per heavy atom. The van der Waals surface area contributed by atoms with Crippen molar-refractivity contribution in [3.63, 3.8) is 0 Å². The third-order valence-corrected chi connectivity index (χ3v) is 4.28. The van der Waals surface area contributed by atoms with E-state index in [0.717, 1.165) is 12.8 Å². The predicted molar refractivity (Wildman–Crippen MR) is 87.2 cm³/mol. The monoisotopic (exact) mass is 341 g/mol. The molecule has 0 saturated heterocycles. The number of aromatic nitrogens is 1. The highest BCUT2D eigenvalue weighted by atomic mass is 35.5. The Kier molecular flexibility index (Phi) is 3.35. The Balaban J connectivity index is 1.60. The van der Waals surface area contributed by atoms with Gasteiger partial charge in [-0.2, -0.15) is 0 Å². The summed E-state index contributed by atoms with van der Waals surface area (Å²) in [5, 5.41) is 3.10. The van der Waals surface area contributed by atoms with Gasteiger partial charge in [0.25, 0.3) is 17.7 Å². The molecule has 7 heteroatoms. The van der Waals surface area contributed by atoms with Gasteiger partial charge in [0.2, 0.25) is 0 Å². The Morgan fingerprint density at radius 2 is 1.88 bits per heavy atom. The maximum absolute atomic E-state index is 12.4. The average molecular weight is 342 g/mol. The van der Waals surface area contributed by atoms with Crippen LogP contribution in [-0.2, 0) is 0 Å². The first-order chi connectivity index (χ1) is 11.5. The van der Waals surface area contributed by atoms with Gasteiger partial charge in [0.15, 0.2) is 0 Å². The van der Waals surface area contributed by atoms with Gasteiger partial charge in [0.1, 0.15) is 5.82 Å². The van der Waals surface area contributed by atoms with Gasteiger partial charge in [0.05, 0.1) is 16.1 Å². The molecule has 0 spiro atoms. The fourth-order valence-electron chi connectivity index (χ4n) is 2.70. The fraction of sp³-hybridized carbons (Fsp3) is 0.176. The number of amides is 3. The van der Waals surface area contributed by atoms with Crippen molar-refractivity contribution < 1.29 is 14.4 Å². The van der Waals surface area contributed by atoms with Crippen LogP contribution in [0.4, 0.5) is 5.82 Å². The van der Waals surface area contributed by atoms with Crippen molar-refractivity contribution in [2.24, 2.45) is 0 Å². The number of fused-ring (bicyclic) bond motifs is 1. The molecule has 24 heavy (non-hydrogen) atoms. The Labute approximate surface area is 142 Å². The molecular formula is C17H12ClN3O3. The van der Waals surface area contributed by atoms with Gasteiger partial charge in [-0.3, -0.25) is 19.3 Å². The van der Waals surface area contributed by atoms with Crippen molar-refractivity contribution >= 4 is 35.1 Å². The lowest BCUT2D eigenvalue weighted by molar-refractivity contribution is 0.0642. The summed E-state index contributed by atoms with van der Waals surface area (Å²) in [4.78, 5) is 42.3. The summed E-state index contributed by atoms with van der Waals surface area (Å²) in [5.41, 5.74) is 0.931. The maximum atomic E-state index is 12.4. The van der Waals surface area contributed by atoms with Crippen molar-refractivity contribution in [3.8, 4) is 0 Å². The highest BCUT2D eigenvalue weighted by molar-refractivity contribution is 6.30. The molecule has 1 fully saturated rings. The molecule has 1 aliphatic heterocycles. The first-order valence-corrected chi connectivity index (χ1v) is 7.87. The number of hydrogen-bond acceptors (Lipinski definition) is 4. The van der Waals surface area contributed by atoms with Crippen LogP contribution in [0.5, 0.6) is 0 Å². The lowest BCUT2D eigenvalue weighted by Gasteiger charge is -2.11. The molecule has 120 valence electrons. The van der Waals surface area contributed by atoms with Crippen LogP contribution in [-0.4, -0.2) is 33.6 Å². The summed E-state index contributed by atoms with van der Waals surface area (Å²) in [7, 11) is 0. The summed E-state index contributed by atoms with van der Waals surface area (Å²) >= 11 is 5.75. The lowest BCUT2D eigenvalue weighted by atomic mass is 10.1. The summed E-state index contributed by atoms with van der Waals surface area (Å²) in [5.74, 6) is -0.648. The van der Waals surface area contributed by atoms with E-state index in [4.69, 9.17) is 11.6 Å². The number of pyridine rings is 1. The third-order valence-electron chi connectivity index (χ3n) is 4.06. The zero-order valence-electron chi connectivity index (χ0n) is 12.5. The standard InChI is InChI=1S/C17H12ClN3O3/c18-10-2-6-14(19-8-10)20-15(22)9-1-5-12-13(7-9)17(24)21(16(12)23)11-3-4-11/h1-2,5-8,11H,3-4H2,(H,19,20,22). The number of nitrogens with one attached hydrogen (secondary N) is 1. The Morgan fingerprint density at radius 1 is 1.12 bits per heavy atom. The van der Waals surface area contributed by atoms with Crippen LogP contribution in [0, 0.1) is 0 Å². The zero-order valence-corrected chi connectivity index (χ0v) is 13.2. The van der Waals surface area contributed by atoms with Gasteiger partial charge in [0, 0.05) is 17.8 Å². The molecule has 0 bridgehead atoms. The first kappa shape index (κ1) is 14.8. The van der Waals surface area contributed by atoms with E-state index in [-0.39, 0.29) is 23.4 Å². The Bertz CT molecular complexity index is 875. The predicted octanol–water partition coefficient (Wildman–Crippen LogP) is 2.75. The molecule has 1 aliphatic carbocycles. The molecule has 3 amide bonds. The summed E-state index contributed by atoms with van der Waals surface area (Å²) in [6.45, 7) is 0.